The number of nitrogens with one attached hydrogen (secondary N) is 1. The number of benzene rings is 2. The Morgan fingerprint density at radius 2 is 0.913 bits per heavy atom. The number of esters is 2. The van der Waals surface area contributed by atoms with Crippen LogP contribution in [0.2, 0.25) is 0 Å². The van der Waals surface area contributed by atoms with Gasteiger partial charge in [-0.2, -0.15) is 0 Å². The number of carbonyl (C=O) groups is 4. The van der Waals surface area contributed by atoms with Gasteiger partial charge in [0.1, 0.15) is 82.4 Å². The lowest BCUT2D eigenvalue weighted by molar-refractivity contribution is -0.144. The number of rotatable bonds is 41. The smallest absolute Gasteiger partial charge is 0.325 e. The number of carboxylic acids is 2. The number of carbonyl (C=O) groups excluding carboxylic acids is 2. The van der Waals surface area contributed by atoms with E-state index in [1.807, 2.05) is 0 Å². The van der Waals surface area contributed by atoms with Gasteiger partial charge in [0.05, 0.1) is 37.3 Å². The Hall–Kier alpha value is -4.80. The SMILES string of the molecule is CCCCCCCCOCCOC(=O)CN(CC(=O)O)c1ccccc1OCCOc1ccccc1N(CC(=O)O)CC(=O)OCCOCCCCCCCC.CNCC(O)C(O)C(O)C(O)CO. The van der Waals surface area contributed by atoms with Crippen LogP contribution in [0.4, 0.5) is 11.4 Å². The molecule has 0 heterocycles. The monoisotopic (exact) mass is 984 g/mol. The third-order valence-corrected chi connectivity index (χ3v) is 10.3. The van der Waals surface area contributed by atoms with Crippen molar-refractivity contribution in [1.82, 2.24) is 5.32 Å². The summed E-state index contributed by atoms with van der Waals surface area (Å²) in [5.41, 5.74) is 0.760. The quantitative estimate of drug-likeness (QED) is 0.0350. The number of aliphatic carboxylic acids is 2. The van der Waals surface area contributed by atoms with E-state index in [1.165, 1.54) is 61.2 Å². The zero-order chi connectivity index (χ0) is 51.1. The van der Waals surface area contributed by atoms with E-state index in [0.717, 1.165) is 25.7 Å². The Morgan fingerprint density at radius 1 is 0.522 bits per heavy atom. The van der Waals surface area contributed by atoms with Crippen molar-refractivity contribution < 1.29 is 83.3 Å². The highest BCUT2D eigenvalue weighted by Crippen LogP contribution is 2.30. The normalized spacial score (nSPS) is 12.7. The van der Waals surface area contributed by atoms with Crippen molar-refractivity contribution in [2.75, 3.05) is 109 Å². The van der Waals surface area contributed by atoms with Crippen molar-refractivity contribution in [2.45, 2.75) is 115 Å². The third kappa shape index (κ3) is 29.8. The minimum Gasteiger partial charge on any atom is -0.488 e. The van der Waals surface area contributed by atoms with E-state index >= 15 is 0 Å². The molecule has 0 bridgehead atoms. The molecular formula is C49H81N3O17. The molecule has 0 aliphatic heterocycles. The topological polar surface area (TPSA) is 284 Å². The molecule has 20 nitrogen and oxygen atoms in total. The van der Waals surface area contributed by atoms with Crippen LogP contribution in [-0.4, -0.2) is 183 Å². The highest BCUT2D eigenvalue weighted by molar-refractivity contribution is 5.82. The van der Waals surface area contributed by atoms with Crippen LogP contribution in [0.5, 0.6) is 11.5 Å². The molecule has 0 amide bonds. The maximum Gasteiger partial charge on any atom is 0.325 e. The van der Waals surface area contributed by atoms with Gasteiger partial charge in [0.25, 0.3) is 0 Å². The summed E-state index contributed by atoms with van der Waals surface area (Å²) in [6.45, 7) is 4.09. The zero-order valence-electron chi connectivity index (χ0n) is 40.9. The highest BCUT2D eigenvalue weighted by Gasteiger charge is 2.29. The van der Waals surface area contributed by atoms with Crippen LogP contribution in [-0.2, 0) is 38.1 Å². The first-order chi connectivity index (χ1) is 33.3. The summed E-state index contributed by atoms with van der Waals surface area (Å²) < 4.78 is 33.7. The van der Waals surface area contributed by atoms with Gasteiger partial charge in [0, 0.05) is 19.8 Å². The number of anilines is 2. The number of aliphatic hydroxyl groups excluding tert-OH is 5. The summed E-state index contributed by atoms with van der Waals surface area (Å²) in [5.74, 6) is -2.83. The van der Waals surface area contributed by atoms with E-state index in [-0.39, 0.29) is 59.3 Å². The maximum atomic E-state index is 12.7. The molecule has 0 saturated heterocycles. The van der Waals surface area contributed by atoms with Crippen molar-refractivity contribution in [3.63, 3.8) is 0 Å². The fourth-order valence-corrected chi connectivity index (χ4v) is 6.66. The Bertz CT molecular complexity index is 1550. The molecule has 2 aromatic carbocycles. The fraction of sp³-hybridized carbons (Fsp3) is 0.673. The summed E-state index contributed by atoms with van der Waals surface area (Å²) in [4.78, 5) is 51.6. The Morgan fingerprint density at radius 3 is 1.30 bits per heavy atom. The fourth-order valence-electron chi connectivity index (χ4n) is 6.66. The van der Waals surface area contributed by atoms with Crippen LogP contribution in [0.1, 0.15) is 90.9 Å². The molecule has 0 aromatic heterocycles. The van der Waals surface area contributed by atoms with E-state index in [0.29, 0.717) is 36.1 Å². The van der Waals surface area contributed by atoms with E-state index in [9.17, 15) is 34.5 Å². The molecule has 0 aliphatic rings. The standard InChI is InChI=1S/C42H64N2O12.C7H17NO5/c1-3-5-7-9-11-17-23-51-25-27-55-41(49)33-43(31-39(45)46)35-19-13-15-21-37(35)53-29-30-54-38-22-16-14-20-36(38)44(32-40(47)48)34-42(50)56-28-26-52-24-18-12-10-8-6-4-2;1-8-2-4(10)6(12)7(13)5(11)3-9/h13-16,19-22H,3-12,17-18,23-34H2,1-2H3,(H,45,46)(H,47,48);4-13H,2-3H2,1H3. The van der Waals surface area contributed by atoms with Gasteiger partial charge in [-0.05, 0) is 44.2 Å². The summed E-state index contributed by atoms with van der Waals surface area (Å²) in [7, 11) is 1.57. The first kappa shape index (κ1) is 62.2. The minimum atomic E-state index is -1.55. The summed E-state index contributed by atoms with van der Waals surface area (Å²) >= 11 is 0. The second-order valence-corrected chi connectivity index (χ2v) is 16.2. The van der Waals surface area contributed by atoms with E-state index in [4.69, 9.17) is 48.8 Å². The van der Waals surface area contributed by atoms with Crippen molar-refractivity contribution in [3.05, 3.63) is 48.5 Å². The van der Waals surface area contributed by atoms with Crippen molar-refractivity contribution in [1.29, 1.82) is 0 Å². The summed E-state index contributed by atoms with van der Waals surface area (Å²) in [5, 5.41) is 66.7. The number of hydrogen-bond donors (Lipinski definition) is 8. The lowest BCUT2D eigenvalue weighted by Gasteiger charge is -2.25. The molecule has 0 spiro atoms. The highest BCUT2D eigenvalue weighted by atomic mass is 16.6. The predicted octanol–water partition coefficient (Wildman–Crippen LogP) is 3.41. The minimum absolute atomic E-state index is 0.0202. The van der Waals surface area contributed by atoms with E-state index in [2.05, 4.69) is 19.2 Å². The van der Waals surface area contributed by atoms with Gasteiger partial charge in [0.2, 0.25) is 0 Å². The van der Waals surface area contributed by atoms with Crippen molar-refractivity contribution in [2.24, 2.45) is 0 Å². The molecule has 0 saturated carbocycles. The van der Waals surface area contributed by atoms with E-state index in [1.54, 1.807) is 55.6 Å². The molecule has 394 valence electrons. The maximum absolute atomic E-state index is 12.7. The summed E-state index contributed by atoms with van der Waals surface area (Å²) in [6.07, 6.45) is 8.16. The molecule has 69 heavy (non-hydrogen) atoms. The number of nitrogens with zero attached hydrogens (tertiary/aromatic N) is 2. The van der Waals surface area contributed by atoms with Crippen LogP contribution in [0.15, 0.2) is 48.5 Å². The van der Waals surface area contributed by atoms with Gasteiger partial charge in [0.15, 0.2) is 0 Å². The number of para-hydroxylation sites is 4. The lowest BCUT2D eigenvalue weighted by Crippen LogP contribution is -2.48. The first-order valence-corrected chi connectivity index (χ1v) is 24.1. The molecule has 8 N–H and O–H groups in total. The second kappa shape index (κ2) is 40.0. The second-order valence-electron chi connectivity index (χ2n) is 16.2. The molecule has 20 heteroatoms. The predicted molar refractivity (Wildman–Crippen MR) is 259 cm³/mol. The van der Waals surface area contributed by atoms with Gasteiger partial charge < -0.3 is 79.3 Å². The number of hydrogen-bond acceptors (Lipinski definition) is 18. The van der Waals surface area contributed by atoms with Crippen LogP contribution >= 0.6 is 0 Å². The Balaban J connectivity index is 0.00000159. The number of ether oxygens (including phenoxy) is 6. The molecule has 4 unspecified atom stereocenters. The van der Waals surface area contributed by atoms with Gasteiger partial charge in [-0.3, -0.25) is 19.2 Å². The van der Waals surface area contributed by atoms with Crippen molar-refractivity contribution >= 4 is 35.3 Å². The van der Waals surface area contributed by atoms with Crippen LogP contribution < -0.4 is 24.6 Å². The molecule has 0 radical (unpaired) electrons. The first-order valence-electron chi connectivity index (χ1n) is 24.1. The molecule has 0 fully saturated rings. The molecular weight excluding hydrogens is 903 g/mol. The average molecular weight is 984 g/mol. The van der Waals surface area contributed by atoms with Gasteiger partial charge in [-0.25, -0.2) is 0 Å². The molecule has 0 aliphatic carbocycles. The lowest BCUT2D eigenvalue weighted by atomic mass is 10.0. The van der Waals surface area contributed by atoms with Gasteiger partial charge >= 0.3 is 23.9 Å². The number of unbranched alkanes of at least 4 members (excludes halogenated alkanes) is 10. The van der Waals surface area contributed by atoms with E-state index < -0.39 is 68.0 Å². The van der Waals surface area contributed by atoms with Crippen LogP contribution in [0, 0.1) is 0 Å². The summed E-state index contributed by atoms with van der Waals surface area (Å²) in [6, 6.07) is 13.5. The van der Waals surface area contributed by atoms with Gasteiger partial charge in [-0.15, -0.1) is 0 Å². The zero-order valence-corrected chi connectivity index (χ0v) is 40.9. The Kier molecular flexibility index (Phi) is 36.1. The third-order valence-electron chi connectivity index (χ3n) is 10.3. The molecule has 4 atom stereocenters. The molecule has 2 rings (SSSR count). The van der Waals surface area contributed by atoms with Crippen molar-refractivity contribution in [3.8, 4) is 11.5 Å². The number of carboxylic acid groups (broad SMARTS) is 2. The molecule has 2 aromatic rings. The van der Waals surface area contributed by atoms with Crippen LogP contribution in [0.3, 0.4) is 0 Å². The number of aliphatic hydroxyl groups is 5. The Labute approximate surface area is 407 Å². The average Bonchev–Trinajstić information content (AvgIpc) is 3.33. The number of likely N-dealkylation sites (N-methyl/N-ethyl adjacent to an activating group) is 1. The van der Waals surface area contributed by atoms with Crippen LogP contribution in [0.25, 0.3) is 0 Å². The van der Waals surface area contributed by atoms with Gasteiger partial charge in [-0.1, -0.05) is 102 Å². The largest absolute Gasteiger partial charge is 0.488 e.